The molecule has 0 aromatic heterocycles. The zero-order valence-corrected chi connectivity index (χ0v) is 11.1. The zero-order chi connectivity index (χ0) is 15.6. The third kappa shape index (κ3) is 3.26. The van der Waals surface area contributed by atoms with Crippen molar-refractivity contribution in [2.75, 3.05) is 5.32 Å². The number of carboxylic acid groups (broad SMARTS) is 1. The van der Waals surface area contributed by atoms with E-state index in [0.29, 0.717) is 5.69 Å². The van der Waals surface area contributed by atoms with E-state index in [9.17, 15) is 19.3 Å². The summed E-state index contributed by atoms with van der Waals surface area (Å²) in [6.45, 7) is 0. The van der Waals surface area contributed by atoms with Gasteiger partial charge in [-0.05, 0) is 30.3 Å². The van der Waals surface area contributed by atoms with Crippen molar-refractivity contribution in [3.63, 3.8) is 0 Å². The summed E-state index contributed by atoms with van der Waals surface area (Å²) in [6.07, 6.45) is 0. The number of hydrogen-bond acceptors (Lipinski definition) is 4. The molecule has 0 bridgehead atoms. The maximum atomic E-state index is 13.0. The first-order valence-electron chi connectivity index (χ1n) is 5.62. The Labute approximate surface area is 122 Å². The fraction of sp³-hybridized carbons (Fsp3) is 0. The van der Waals surface area contributed by atoms with Gasteiger partial charge in [0.2, 0.25) is 0 Å². The summed E-state index contributed by atoms with van der Waals surface area (Å²) in [7, 11) is 0. The lowest BCUT2D eigenvalue weighted by Crippen LogP contribution is -2.03. The van der Waals surface area contributed by atoms with E-state index >= 15 is 0 Å². The fourth-order valence-electron chi connectivity index (χ4n) is 1.68. The second-order valence-corrected chi connectivity index (χ2v) is 4.46. The van der Waals surface area contributed by atoms with Crippen molar-refractivity contribution >= 4 is 34.6 Å². The van der Waals surface area contributed by atoms with Crippen LogP contribution in [-0.4, -0.2) is 16.0 Å². The smallest absolute Gasteiger partial charge is 0.342 e. The van der Waals surface area contributed by atoms with Crippen LogP contribution in [0.25, 0.3) is 0 Å². The number of nitro groups is 1. The third-order valence-corrected chi connectivity index (χ3v) is 2.92. The molecule has 0 saturated heterocycles. The summed E-state index contributed by atoms with van der Waals surface area (Å²) in [6, 6.07) is 7.43. The summed E-state index contributed by atoms with van der Waals surface area (Å²) in [5.41, 5.74) is -0.253. The minimum absolute atomic E-state index is 0.100. The van der Waals surface area contributed by atoms with Gasteiger partial charge < -0.3 is 10.4 Å². The quantitative estimate of drug-likeness (QED) is 0.661. The number of hydrogen-bond donors (Lipinski definition) is 2. The van der Waals surface area contributed by atoms with Crippen molar-refractivity contribution in [1.82, 2.24) is 0 Å². The van der Waals surface area contributed by atoms with Gasteiger partial charge in [0.05, 0.1) is 9.95 Å². The van der Waals surface area contributed by atoms with Gasteiger partial charge >= 0.3 is 5.97 Å². The van der Waals surface area contributed by atoms with Crippen molar-refractivity contribution < 1.29 is 19.2 Å². The molecule has 0 aliphatic rings. The number of nitro benzene ring substituents is 1. The van der Waals surface area contributed by atoms with Gasteiger partial charge in [-0.1, -0.05) is 11.6 Å². The normalized spacial score (nSPS) is 10.2. The second kappa shape index (κ2) is 5.76. The van der Waals surface area contributed by atoms with Crippen molar-refractivity contribution in [2.45, 2.75) is 0 Å². The van der Waals surface area contributed by atoms with Crippen molar-refractivity contribution in [3.05, 3.63) is 62.9 Å². The van der Waals surface area contributed by atoms with Gasteiger partial charge in [-0.2, -0.15) is 0 Å². The average molecular weight is 311 g/mol. The van der Waals surface area contributed by atoms with Crippen molar-refractivity contribution in [3.8, 4) is 0 Å². The Kier molecular flexibility index (Phi) is 4.04. The fourth-order valence-corrected chi connectivity index (χ4v) is 1.86. The molecule has 0 fully saturated rings. The molecule has 0 amide bonds. The lowest BCUT2D eigenvalue weighted by molar-refractivity contribution is -0.385. The van der Waals surface area contributed by atoms with E-state index in [-0.39, 0.29) is 10.7 Å². The van der Waals surface area contributed by atoms with E-state index < -0.39 is 28.0 Å². The molecule has 8 heteroatoms. The SMILES string of the molecule is O=C(O)c1ccc(Nc2ccc(F)c(Cl)c2)cc1[N+](=O)[O-]. The summed E-state index contributed by atoms with van der Waals surface area (Å²) < 4.78 is 13.0. The lowest BCUT2D eigenvalue weighted by atomic mass is 10.1. The van der Waals surface area contributed by atoms with Crippen LogP contribution in [0, 0.1) is 15.9 Å². The summed E-state index contributed by atoms with van der Waals surface area (Å²) in [4.78, 5) is 21.0. The van der Waals surface area contributed by atoms with E-state index in [1.807, 2.05) is 0 Å². The molecular formula is C13H8ClFN2O4. The van der Waals surface area contributed by atoms with E-state index in [1.54, 1.807) is 0 Å². The number of halogens is 2. The highest BCUT2D eigenvalue weighted by atomic mass is 35.5. The predicted octanol–water partition coefficient (Wildman–Crippen LogP) is 3.83. The maximum absolute atomic E-state index is 13.0. The third-order valence-electron chi connectivity index (χ3n) is 2.63. The molecule has 0 spiro atoms. The molecule has 2 aromatic carbocycles. The number of nitrogens with zero attached hydrogens (tertiary/aromatic N) is 1. The molecule has 0 aliphatic heterocycles. The lowest BCUT2D eigenvalue weighted by Gasteiger charge is -2.08. The van der Waals surface area contributed by atoms with E-state index in [1.165, 1.54) is 18.2 Å². The monoisotopic (exact) mass is 310 g/mol. The standard InChI is InChI=1S/C13H8ClFN2O4/c14-10-5-7(2-4-11(10)15)16-8-1-3-9(13(18)19)12(6-8)17(20)21/h1-6,16H,(H,18,19). The van der Waals surface area contributed by atoms with Crippen LogP contribution in [-0.2, 0) is 0 Å². The average Bonchev–Trinajstić information content (AvgIpc) is 2.42. The van der Waals surface area contributed by atoms with Gasteiger partial charge in [-0.15, -0.1) is 0 Å². The topological polar surface area (TPSA) is 92.5 Å². The number of carbonyl (C=O) groups is 1. The zero-order valence-electron chi connectivity index (χ0n) is 10.3. The van der Waals surface area contributed by atoms with Crippen LogP contribution < -0.4 is 5.32 Å². The van der Waals surface area contributed by atoms with E-state index in [0.717, 1.165) is 18.2 Å². The Morgan fingerprint density at radius 2 is 1.86 bits per heavy atom. The van der Waals surface area contributed by atoms with Crippen molar-refractivity contribution in [2.24, 2.45) is 0 Å². The molecule has 0 heterocycles. The number of benzene rings is 2. The number of carboxylic acids is 1. The molecule has 6 nitrogen and oxygen atoms in total. The molecule has 2 rings (SSSR count). The molecule has 2 N–H and O–H groups in total. The Morgan fingerprint density at radius 3 is 2.43 bits per heavy atom. The molecule has 2 aromatic rings. The number of nitrogens with one attached hydrogen (secondary N) is 1. The Bertz CT molecular complexity index is 736. The van der Waals surface area contributed by atoms with Gasteiger partial charge in [-0.25, -0.2) is 9.18 Å². The van der Waals surface area contributed by atoms with Crippen LogP contribution in [0.1, 0.15) is 10.4 Å². The molecule has 0 atom stereocenters. The highest BCUT2D eigenvalue weighted by Gasteiger charge is 2.20. The van der Waals surface area contributed by atoms with Gasteiger partial charge in [0.25, 0.3) is 5.69 Å². The van der Waals surface area contributed by atoms with Crippen LogP contribution >= 0.6 is 11.6 Å². The number of aromatic carboxylic acids is 1. The molecule has 21 heavy (non-hydrogen) atoms. The highest BCUT2D eigenvalue weighted by Crippen LogP contribution is 2.27. The molecule has 0 unspecified atom stereocenters. The first kappa shape index (κ1) is 14.7. The minimum Gasteiger partial charge on any atom is -0.477 e. The summed E-state index contributed by atoms with van der Waals surface area (Å²) in [5, 5.41) is 22.4. The second-order valence-electron chi connectivity index (χ2n) is 4.05. The first-order chi connectivity index (χ1) is 9.88. The molecule has 108 valence electrons. The number of rotatable bonds is 4. The Morgan fingerprint density at radius 1 is 1.24 bits per heavy atom. The molecular weight excluding hydrogens is 303 g/mol. The van der Waals surface area contributed by atoms with Crippen LogP contribution in [0.4, 0.5) is 21.5 Å². The molecule has 0 aliphatic carbocycles. The van der Waals surface area contributed by atoms with E-state index in [4.69, 9.17) is 16.7 Å². The van der Waals surface area contributed by atoms with Crippen LogP contribution in [0.2, 0.25) is 5.02 Å². The largest absolute Gasteiger partial charge is 0.477 e. The summed E-state index contributed by atoms with van der Waals surface area (Å²) >= 11 is 5.63. The summed E-state index contributed by atoms with van der Waals surface area (Å²) in [5.74, 6) is -1.98. The van der Waals surface area contributed by atoms with E-state index in [2.05, 4.69) is 5.32 Å². The van der Waals surface area contributed by atoms with Crippen molar-refractivity contribution in [1.29, 1.82) is 0 Å². The highest BCUT2D eigenvalue weighted by molar-refractivity contribution is 6.31. The first-order valence-corrected chi connectivity index (χ1v) is 6.00. The van der Waals surface area contributed by atoms with Gasteiger partial charge in [0.15, 0.2) is 0 Å². The van der Waals surface area contributed by atoms with Gasteiger partial charge in [-0.3, -0.25) is 10.1 Å². The predicted molar refractivity (Wildman–Crippen MR) is 74.7 cm³/mol. The Balaban J connectivity index is 2.36. The number of anilines is 2. The van der Waals surface area contributed by atoms with Crippen LogP contribution in [0.15, 0.2) is 36.4 Å². The van der Waals surface area contributed by atoms with Gasteiger partial charge in [0.1, 0.15) is 11.4 Å². The van der Waals surface area contributed by atoms with Gasteiger partial charge in [0, 0.05) is 17.4 Å². The molecule has 0 saturated carbocycles. The van der Waals surface area contributed by atoms with Crippen LogP contribution in [0.5, 0.6) is 0 Å². The van der Waals surface area contributed by atoms with Crippen LogP contribution in [0.3, 0.4) is 0 Å². The maximum Gasteiger partial charge on any atom is 0.342 e. The Hall–Kier alpha value is -2.67. The minimum atomic E-state index is -1.39. The molecule has 0 radical (unpaired) electrons.